The van der Waals surface area contributed by atoms with Crippen molar-refractivity contribution in [2.45, 2.75) is 49.3 Å². The van der Waals surface area contributed by atoms with Crippen molar-refractivity contribution in [1.82, 2.24) is 0 Å². The number of hydrogen-bond acceptors (Lipinski definition) is 4. The fourth-order valence-electron chi connectivity index (χ4n) is 3.77. The number of rotatable bonds is 8. The van der Waals surface area contributed by atoms with Crippen molar-refractivity contribution >= 4 is 20.6 Å². The molecule has 4 aromatic carbocycles. The van der Waals surface area contributed by atoms with Crippen molar-refractivity contribution < 1.29 is 17.9 Å². The van der Waals surface area contributed by atoms with Crippen molar-refractivity contribution in [3.8, 4) is 17.2 Å². The summed E-state index contributed by atoms with van der Waals surface area (Å²) in [4.78, 5) is 0.530. The Morgan fingerprint density at radius 1 is 0.676 bits per heavy atom. The van der Waals surface area contributed by atoms with Gasteiger partial charge in [-0.3, -0.25) is 0 Å². The topological polar surface area (TPSA) is 52.6 Å². The van der Waals surface area contributed by atoms with Gasteiger partial charge in [0.1, 0.15) is 17.2 Å². The number of sulfone groups is 1. The smallest absolute Gasteiger partial charge is 0.206 e. The highest BCUT2D eigenvalue weighted by Crippen LogP contribution is 2.31. The number of hydrogen-bond donors (Lipinski definition) is 0. The molecule has 4 nitrogen and oxygen atoms in total. The third-order valence-electron chi connectivity index (χ3n) is 6.29. The molecule has 0 unspecified atom stereocenters. The van der Waals surface area contributed by atoms with Crippen LogP contribution < -0.4 is 9.47 Å². The monoisotopic (exact) mass is 474 g/mol. The maximum absolute atomic E-state index is 13.1. The Morgan fingerprint density at radius 2 is 1.18 bits per heavy atom. The maximum atomic E-state index is 13.1. The first-order valence-electron chi connectivity index (χ1n) is 11.5. The second-order valence-corrected chi connectivity index (χ2v) is 10.9. The second-order valence-electron chi connectivity index (χ2n) is 8.94. The molecule has 0 aliphatic rings. The lowest BCUT2D eigenvalue weighted by atomic mass is 9.82. The van der Waals surface area contributed by atoms with E-state index in [4.69, 9.17) is 9.47 Å². The average molecular weight is 475 g/mol. The van der Waals surface area contributed by atoms with Gasteiger partial charge in [-0.15, -0.1) is 0 Å². The van der Waals surface area contributed by atoms with Gasteiger partial charge < -0.3 is 9.47 Å². The largest absolute Gasteiger partial charge is 0.494 e. The van der Waals surface area contributed by atoms with Crippen LogP contribution in [0.25, 0.3) is 10.8 Å². The minimum absolute atomic E-state index is 0.00954. The lowest BCUT2D eigenvalue weighted by Crippen LogP contribution is -2.15. The minimum Gasteiger partial charge on any atom is -0.494 e. The summed E-state index contributed by atoms with van der Waals surface area (Å²) >= 11 is 0. The van der Waals surface area contributed by atoms with E-state index in [1.807, 2.05) is 55.5 Å². The molecule has 0 aromatic heterocycles. The third-order valence-corrected chi connectivity index (χ3v) is 8.08. The molecule has 34 heavy (non-hydrogen) atoms. The van der Waals surface area contributed by atoms with Crippen LogP contribution in [0.15, 0.2) is 94.7 Å². The van der Waals surface area contributed by atoms with E-state index in [1.54, 1.807) is 36.4 Å². The first-order chi connectivity index (χ1) is 16.2. The predicted octanol–water partition coefficient (Wildman–Crippen LogP) is 7.55. The Labute approximate surface area is 202 Å². The van der Waals surface area contributed by atoms with Crippen LogP contribution in [-0.4, -0.2) is 15.0 Å². The van der Waals surface area contributed by atoms with Crippen LogP contribution in [0.3, 0.4) is 0 Å². The zero-order chi connectivity index (χ0) is 24.3. The molecule has 0 aliphatic carbocycles. The molecular formula is C29H30O4S. The number of ether oxygens (including phenoxy) is 2. The van der Waals surface area contributed by atoms with Gasteiger partial charge in [0.05, 0.1) is 16.4 Å². The van der Waals surface area contributed by atoms with Gasteiger partial charge in [0, 0.05) is 0 Å². The Morgan fingerprint density at radius 3 is 1.74 bits per heavy atom. The van der Waals surface area contributed by atoms with E-state index in [9.17, 15) is 8.42 Å². The van der Waals surface area contributed by atoms with Gasteiger partial charge in [-0.25, -0.2) is 8.42 Å². The molecule has 4 aromatic rings. The highest BCUT2D eigenvalue weighted by atomic mass is 32.2. The van der Waals surface area contributed by atoms with E-state index in [0.717, 1.165) is 28.5 Å². The van der Waals surface area contributed by atoms with Crippen LogP contribution in [0.2, 0.25) is 0 Å². The van der Waals surface area contributed by atoms with Crippen molar-refractivity contribution in [2.75, 3.05) is 6.61 Å². The molecule has 5 heteroatoms. The number of fused-ring (bicyclic) bond motifs is 1. The van der Waals surface area contributed by atoms with Gasteiger partial charge >= 0.3 is 0 Å². The Balaban J connectivity index is 1.52. The summed E-state index contributed by atoms with van der Waals surface area (Å²) < 4.78 is 37.7. The van der Waals surface area contributed by atoms with Gasteiger partial charge in [-0.05, 0) is 95.8 Å². The van der Waals surface area contributed by atoms with Gasteiger partial charge in [-0.1, -0.05) is 45.0 Å². The number of benzene rings is 4. The summed E-state index contributed by atoms with van der Waals surface area (Å²) in [5.74, 6) is 2.09. The Kier molecular flexibility index (Phi) is 6.67. The van der Waals surface area contributed by atoms with Gasteiger partial charge in [0.25, 0.3) is 0 Å². The molecule has 0 N–H and O–H groups in total. The minimum atomic E-state index is -3.60. The van der Waals surface area contributed by atoms with Crippen molar-refractivity contribution in [1.29, 1.82) is 0 Å². The fraction of sp³-hybridized carbons (Fsp3) is 0.241. The van der Waals surface area contributed by atoms with Crippen LogP contribution in [0.4, 0.5) is 0 Å². The first kappa shape index (κ1) is 23.8. The summed E-state index contributed by atoms with van der Waals surface area (Å²) in [5, 5.41) is 2.10. The Bertz CT molecular complexity index is 1390. The van der Waals surface area contributed by atoms with E-state index in [-0.39, 0.29) is 15.2 Å². The fourth-order valence-corrected chi connectivity index (χ4v) is 5.03. The van der Waals surface area contributed by atoms with Gasteiger partial charge in [0.2, 0.25) is 9.84 Å². The van der Waals surface area contributed by atoms with Crippen molar-refractivity contribution in [3.05, 3.63) is 90.5 Å². The normalized spacial score (nSPS) is 12.0. The summed E-state index contributed by atoms with van der Waals surface area (Å²) in [7, 11) is -3.60. The van der Waals surface area contributed by atoms with Crippen molar-refractivity contribution in [2.24, 2.45) is 0 Å². The molecule has 0 saturated carbocycles. The molecule has 0 amide bonds. The van der Waals surface area contributed by atoms with Gasteiger partial charge in [0.15, 0.2) is 0 Å². The van der Waals surface area contributed by atoms with Gasteiger partial charge in [-0.2, -0.15) is 0 Å². The average Bonchev–Trinajstić information content (AvgIpc) is 2.85. The molecule has 0 fully saturated rings. The molecule has 0 atom stereocenters. The zero-order valence-electron chi connectivity index (χ0n) is 20.0. The first-order valence-corrected chi connectivity index (χ1v) is 13.0. The predicted molar refractivity (Wildman–Crippen MR) is 137 cm³/mol. The highest BCUT2D eigenvalue weighted by Gasteiger charge is 2.21. The molecule has 4 rings (SSSR count). The molecule has 0 heterocycles. The zero-order valence-corrected chi connectivity index (χ0v) is 20.9. The van der Waals surface area contributed by atoms with E-state index in [0.29, 0.717) is 18.1 Å². The molecule has 176 valence electrons. The van der Waals surface area contributed by atoms with Crippen LogP contribution >= 0.6 is 0 Å². The third kappa shape index (κ3) is 4.95. The lowest BCUT2D eigenvalue weighted by Gasteiger charge is -2.23. The molecule has 0 bridgehead atoms. The second kappa shape index (κ2) is 9.51. The van der Waals surface area contributed by atoms with Crippen LogP contribution in [0.1, 0.15) is 39.7 Å². The molecule has 0 spiro atoms. The van der Waals surface area contributed by atoms with Crippen LogP contribution in [0.5, 0.6) is 17.2 Å². The lowest BCUT2D eigenvalue weighted by molar-refractivity contribution is 0.340. The molecule has 0 saturated heterocycles. The molecule has 0 aliphatic heterocycles. The van der Waals surface area contributed by atoms with E-state index >= 15 is 0 Å². The van der Waals surface area contributed by atoms with E-state index < -0.39 is 9.84 Å². The SMILES string of the molecule is CCOc1ccc2cc(Oc3ccc(S(=O)(=O)c4ccc(C(C)(C)CC)cc4)cc3)ccc2c1. The Hall–Kier alpha value is -3.31. The van der Waals surface area contributed by atoms with Crippen molar-refractivity contribution in [3.63, 3.8) is 0 Å². The summed E-state index contributed by atoms with van der Waals surface area (Å²) in [6.45, 7) is 9.03. The van der Waals surface area contributed by atoms with E-state index in [2.05, 4.69) is 20.8 Å². The van der Waals surface area contributed by atoms with E-state index in [1.165, 1.54) is 0 Å². The maximum Gasteiger partial charge on any atom is 0.206 e. The van der Waals surface area contributed by atoms with Crippen LogP contribution in [-0.2, 0) is 15.3 Å². The summed E-state index contributed by atoms with van der Waals surface area (Å²) in [5.41, 5.74) is 1.14. The molecule has 0 radical (unpaired) electrons. The molecular weight excluding hydrogens is 444 g/mol. The van der Waals surface area contributed by atoms with Crippen LogP contribution in [0, 0.1) is 0 Å². The summed E-state index contributed by atoms with van der Waals surface area (Å²) in [6, 6.07) is 25.5. The standard InChI is InChI=1S/C29H30O4S/c1-5-29(3,4)23-9-15-27(16-10-23)34(30,31)28-17-13-24(14-18-28)33-26-12-8-21-19-25(32-6-2)11-7-22(21)20-26/h7-20H,5-6H2,1-4H3. The summed E-state index contributed by atoms with van der Waals surface area (Å²) in [6.07, 6.45) is 0.978. The quantitative estimate of drug-likeness (QED) is 0.264. The highest BCUT2D eigenvalue weighted by molar-refractivity contribution is 7.91.